The summed E-state index contributed by atoms with van der Waals surface area (Å²) in [7, 11) is 3.91. The highest BCUT2D eigenvalue weighted by atomic mass is 16.5. The molecular formula is C23H24N2O2. The van der Waals surface area contributed by atoms with Crippen molar-refractivity contribution in [3.63, 3.8) is 0 Å². The van der Waals surface area contributed by atoms with Crippen molar-refractivity contribution in [2.75, 3.05) is 30.9 Å². The van der Waals surface area contributed by atoms with E-state index in [1.165, 1.54) is 0 Å². The van der Waals surface area contributed by atoms with Crippen LogP contribution in [0, 0.1) is 0 Å². The minimum Gasteiger partial charge on any atom is -0.492 e. The summed E-state index contributed by atoms with van der Waals surface area (Å²) in [6.07, 6.45) is 0.283. The molecule has 0 aliphatic carbocycles. The van der Waals surface area contributed by atoms with Crippen LogP contribution in [-0.4, -0.2) is 26.6 Å². The smallest absolute Gasteiger partial charge is 0.227 e. The van der Waals surface area contributed by atoms with E-state index >= 15 is 0 Å². The van der Waals surface area contributed by atoms with Gasteiger partial charge in [0.25, 0.3) is 0 Å². The Hall–Kier alpha value is -3.27. The molecule has 1 amide bonds. The molecule has 0 heterocycles. The number of ether oxygens (including phenoxy) is 1. The zero-order chi connectivity index (χ0) is 19.1. The number of carbonyl (C=O) groups is 1. The molecule has 0 saturated carbocycles. The second-order valence-electron chi connectivity index (χ2n) is 6.42. The number of carbonyl (C=O) groups excluding carboxylic acids is 1. The van der Waals surface area contributed by atoms with Gasteiger partial charge in [-0.05, 0) is 23.8 Å². The molecule has 0 aliphatic heterocycles. The molecule has 4 nitrogen and oxygen atoms in total. The van der Waals surface area contributed by atoms with Crippen LogP contribution in [0.1, 0.15) is 6.42 Å². The fraction of sp³-hybridized carbons (Fsp3) is 0.174. The van der Waals surface area contributed by atoms with E-state index in [1.54, 1.807) is 0 Å². The largest absolute Gasteiger partial charge is 0.492 e. The van der Waals surface area contributed by atoms with E-state index in [4.69, 9.17) is 4.74 Å². The number of rotatable bonds is 7. The fourth-order valence-electron chi connectivity index (χ4n) is 2.88. The predicted octanol–water partition coefficient (Wildman–Crippen LogP) is 4.83. The van der Waals surface area contributed by atoms with Crippen molar-refractivity contribution in [1.29, 1.82) is 0 Å². The van der Waals surface area contributed by atoms with E-state index in [9.17, 15) is 4.79 Å². The number of para-hydroxylation sites is 3. The molecule has 0 saturated heterocycles. The van der Waals surface area contributed by atoms with E-state index in [-0.39, 0.29) is 12.3 Å². The second-order valence-corrected chi connectivity index (χ2v) is 6.42. The Morgan fingerprint density at radius 3 is 2.33 bits per heavy atom. The molecule has 4 heteroatoms. The van der Waals surface area contributed by atoms with Crippen LogP contribution in [0.2, 0.25) is 0 Å². The number of benzene rings is 3. The molecule has 0 unspecified atom stereocenters. The SMILES string of the molecule is CN(C)c1ccccc1NC(=O)CCOc1ccccc1-c1ccccc1. The highest BCUT2D eigenvalue weighted by Crippen LogP contribution is 2.29. The summed E-state index contributed by atoms with van der Waals surface area (Å²) in [4.78, 5) is 14.3. The normalized spacial score (nSPS) is 10.3. The number of amides is 1. The van der Waals surface area contributed by atoms with E-state index in [2.05, 4.69) is 5.32 Å². The van der Waals surface area contributed by atoms with Crippen molar-refractivity contribution in [2.45, 2.75) is 6.42 Å². The molecule has 0 aromatic heterocycles. The summed E-state index contributed by atoms with van der Waals surface area (Å²) in [6, 6.07) is 25.7. The van der Waals surface area contributed by atoms with E-state index in [1.807, 2.05) is 97.9 Å². The Balaban J connectivity index is 1.60. The van der Waals surface area contributed by atoms with Gasteiger partial charge in [0.1, 0.15) is 5.75 Å². The van der Waals surface area contributed by atoms with Crippen molar-refractivity contribution < 1.29 is 9.53 Å². The zero-order valence-corrected chi connectivity index (χ0v) is 15.7. The van der Waals surface area contributed by atoms with Gasteiger partial charge in [0.15, 0.2) is 0 Å². The number of nitrogens with zero attached hydrogens (tertiary/aromatic N) is 1. The summed E-state index contributed by atoms with van der Waals surface area (Å²) < 4.78 is 5.91. The number of hydrogen-bond donors (Lipinski definition) is 1. The Labute approximate surface area is 160 Å². The molecule has 0 spiro atoms. The molecule has 0 radical (unpaired) electrons. The molecule has 3 rings (SSSR count). The van der Waals surface area contributed by atoms with Crippen molar-refractivity contribution in [1.82, 2.24) is 0 Å². The topological polar surface area (TPSA) is 41.6 Å². The minimum absolute atomic E-state index is 0.0681. The molecule has 0 atom stereocenters. The lowest BCUT2D eigenvalue weighted by atomic mass is 10.1. The maximum absolute atomic E-state index is 12.3. The van der Waals surface area contributed by atoms with Crippen LogP contribution in [0.5, 0.6) is 5.75 Å². The fourth-order valence-corrected chi connectivity index (χ4v) is 2.88. The third-order valence-corrected chi connectivity index (χ3v) is 4.22. The summed E-state index contributed by atoms with van der Waals surface area (Å²) >= 11 is 0. The molecular weight excluding hydrogens is 336 g/mol. The van der Waals surface area contributed by atoms with Gasteiger partial charge in [0.2, 0.25) is 5.91 Å². The Morgan fingerprint density at radius 1 is 0.889 bits per heavy atom. The lowest BCUT2D eigenvalue weighted by Gasteiger charge is -2.18. The summed E-state index contributed by atoms with van der Waals surface area (Å²) in [5, 5.41) is 2.96. The van der Waals surface area contributed by atoms with Gasteiger partial charge >= 0.3 is 0 Å². The van der Waals surface area contributed by atoms with Crippen LogP contribution in [0.3, 0.4) is 0 Å². The van der Waals surface area contributed by atoms with Crippen molar-refractivity contribution in [3.05, 3.63) is 78.9 Å². The first kappa shape index (κ1) is 18.5. The van der Waals surface area contributed by atoms with Crippen LogP contribution < -0.4 is 15.0 Å². The van der Waals surface area contributed by atoms with Crippen LogP contribution in [0.25, 0.3) is 11.1 Å². The van der Waals surface area contributed by atoms with Crippen molar-refractivity contribution in [3.8, 4) is 16.9 Å². The monoisotopic (exact) mass is 360 g/mol. The summed E-state index contributed by atoms with van der Waals surface area (Å²) in [6.45, 7) is 0.319. The summed E-state index contributed by atoms with van der Waals surface area (Å²) in [5.41, 5.74) is 3.90. The Bertz CT molecular complexity index is 892. The van der Waals surface area contributed by atoms with Crippen molar-refractivity contribution >= 4 is 17.3 Å². The maximum atomic E-state index is 12.3. The maximum Gasteiger partial charge on any atom is 0.227 e. The first-order valence-electron chi connectivity index (χ1n) is 8.98. The lowest BCUT2D eigenvalue weighted by Crippen LogP contribution is -2.18. The molecule has 3 aromatic rings. The second kappa shape index (κ2) is 8.90. The first-order chi connectivity index (χ1) is 13.1. The average Bonchev–Trinajstić information content (AvgIpc) is 2.69. The van der Waals surface area contributed by atoms with Gasteiger partial charge in [-0.1, -0.05) is 60.7 Å². The Kier molecular flexibility index (Phi) is 6.10. The molecule has 1 N–H and O–H groups in total. The van der Waals surface area contributed by atoms with Gasteiger partial charge in [0.05, 0.1) is 24.4 Å². The minimum atomic E-state index is -0.0681. The average molecular weight is 360 g/mol. The standard InChI is InChI=1S/C23H24N2O2/c1-25(2)21-14-8-7-13-20(21)24-23(26)16-17-27-22-15-9-6-12-19(22)18-10-4-3-5-11-18/h3-15H,16-17H2,1-2H3,(H,24,26). The molecule has 0 aliphatic rings. The molecule has 27 heavy (non-hydrogen) atoms. The lowest BCUT2D eigenvalue weighted by molar-refractivity contribution is -0.116. The van der Waals surface area contributed by atoms with Gasteiger partial charge in [-0.15, -0.1) is 0 Å². The van der Waals surface area contributed by atoms with E-state index < -0.39 is 0 Å². The van der Waals surface area contributed by atoms with Crippen LogP contribution in [-0.2, 0) is 4.79 Å². The molecule has 138 valence electrons. The highest BCUT2D eigenvalue weighted by molar-refractivity contribution is 5.94. The predicted molar refractivity (Wildman–Crippen MR) is 111 cm³/mol. The quantitative estimate of drug-likeness (QED) is 0.656. The Morgan fingerprint density at radius 2 is 1.56 bits per heavy atom. The molecule has 3 aromatic carbocycles. The van der Waals surface area contributed by atoms with E-state index in [0.29, 0.717) is 6.61 Å². The third-order valence-electron chi connectivity index (χ3n) is 4.22. The first-order valence-corrected chi connectivity index (χ1v) is 8.98. The zero-order valence-electron chi connectivity index (χ0n) is 15.7. The number of hydrogen-bond acceptors (Lipinski definition) is 3. The van der Waals surface area contributed by atoms with Gasteiger partial charge < -0.3 is 15.0 Å². The number of anilines is 2. The van der Waals surface area contributed by atoms with E-state index in [0.717, 1.165) is 28.3 Å². The van der Waals surface area contributed by atoms with Crippen LogP contribution in [0.4, 0.5) is 11.4 Å². The van der Waals surface area contributed by atoms with Crippen LogP contribution >= 0.6 is 0 Å². The highest BCUT2D eigenvalue weighted by Gasteiger charge is 2.09. The number of nitrogens with one attached hydrogen (secondary N) is 1. The van der Waals surface area contributed by atoms with Gasteiger partial charge in [-0.25, -0.2) is 0 Å². The summed E-state index contributed by atoms with van der Waals surface area (Å²) in [5.74, 6) is 0.715. The molecule has 0 bridgehead atoms. The van der Waals surface area contributed by atoms with Crippen LogP contribution in [0.15, 0.2) is 78.9 Å². The molecule has 0 fully saturated rings. The van der Waals surface area contributed by atoms with Gasteiger partial charge in [0, 0.05) is 19.7 Å². The van der Waals surface area contributed by atoms with Gasteiger partial charge in [-0.3, -0.25) is 4.79 Å². The third kappa shape index (κ3) is 4.88. The van der Waals surface area contributed by atoms with Crippen molar-refractivity contribution in [2.24, 2.45) is 0 Å². The van der Waals surface area contributed by atoms with Gasteiger partial charge in [-0.2, -0.15) is 0 Å².